The van der Waals surface area contributed by atoms with Gasteiger partial charge in [0.05, 0.1) is 0 Å². The molecule has 0 amide bonds. The third-order valence-electron chi connectivity index (χ3n) is 0.273. The van der Waals surface area contributed by atoms with E-state index in [-0.39, 0.29) is 29.6 Å². The molecule has 0 fully saturated rings. The van der Waals surface area contributed by atoms with E-state index in [4.69, 9.17) is 5.73 Å². The summed E-state index contributed by atoms with van der Waals surface area (Å²) in [7, 11) is 3.79. The Morgan fingerprint density at radius 3 is 2.00 bits per heavy atom. The van der Waals surface area contributed by atoms with Crippen molar-refractivity contribution in [1.82, 2.24) is 4.31 Å². The van der Waals surface area contributed by atoms with E-state index < -0.39 is 0 Å². The van der Waals surface area contributed by atoms with Crippen LogP contribution in [-0.4, -0.2) is 52.3 Å². The molecule has 0 saturated carbocycles. The average molecular weight is 160 g/mol. The predicted molar refractivity (Wildman–Crippen MR) is 45.2 cm³/mol. The summed E-state index contributed by atoms with van der Waals surface area (Å²) in [5, 5.41) is 0. The number of nitrogens with two attached hydrogens (primary N) is 1. The van der Waals surface area contributed by atoms with Crippen molar-refractivity contribution in [2.24, 2.45) is 5.73 Å². The molecule has 0 aliphatic rings. The van der Waals surface area contributed by atoms with Gasteiger partial charge < -0.3 is 5.73 Å². The van der Waals surface area contributed by atoms with Gasteiger partial charge >= 0.3 is 29.6 Å². The maximum absolute atomic E-state index is 5.15. The summed E-state index contributed by atoms with van der Waals surface area (Å²) < 4.78 is 2.31. The van der Waals surface area contributed by atoms with Crippen LogP contribution in [-0.2, 0) is 0 Å². The summed E-state index contributed by atoms with van der Waals surface area (Å²) in [5.41, 5.74) is 5.15. The summed E-state index contributed by atoms with van der Waals surface area (Å²) in [6, 6.07) is 0. The van der Waals surface area contributed by atoms with E-state index in [9.17, 15) is 0 Å². The molecular formula is C3H9N2NaS2. The van der Waals surface area contributed by atoms with E-state index in [1.165, 1.54) is 11.9 Å². The van der Waals surface area contributed by atoms with Crippen LogP contribution in [0.4, 0.5) is 0 Å². The standard InChI is InChI=1S/C3H8N2S2.Na.H/c1-5(2)7-3(4)6;;/h1-2H3,(H2,4,6);;. The maximum atomic E-state index is 5.15. The molecule has 5 heteroatoms. The Labute approximate surface area is 81.6 Å². The van der Waals surface area contributed by atoms with Crippen molar-refractivity contribution in [2.75, 3.05) is 14.1 Å². The Bertz CT molecular complexity index is 75.7. The van der Waals surface area contributed by atoms with E-state index in [2.05, 4.69) is 12.2 Å². The zero-order chi connectivity index (χ0) is 5.86. The molecule has 0 rings (SSSR count). The van der Waals surface area contributed by atoms with Gasteiger partial charge in [-0.3, -0.25) is 4.31 Å². The van der Waals surface area contributed by atoms with Gasteiger partial charge in [-0.05, 0) is 26.0 Å². The van der Waals surface area contributed by atoms with Crippen LogP contribution in [0.5, 0.6) is 0 Å². The van der Waals surface area contributed by atoms with Gasteiger partial charge in [-0.1, -0.05) is 12.2 Å². The first-order valence-corrected chi connectivity index (χ1v) is 2.96. The van der Waals surface area contributed by atoms with Gasteiger partial charge in [0.1, 0.15) is 4.32 Å². The molecule has 0 aromatic heterocycles. The first-order chi connectivity index (χ1) is 3.13. The molecule has 0 aromatic rings. The second kappa shape index (κ2) is 6.32. The fourth-order valence-corrected chi connectivity index (χ4v) is 0.987. The summed E-state index contributed by atoms with van der Waals surface area (Å²) in [5.74, 6) is 0. The summed E-state index contributed by atoms with van der Waals surface area (Å²) in [4.78, 5) is 0. The Kier molecular flexibility index (Phi) is 9.43. The summed E-state index contributed by atoms with van der Waals surface area (Å²) in [6.45, 7) is 0. The van der Waals surface area contributed by atoms with Gasteiger partial charge in [-0.2, -0.15) is 0 Å². The fourth-order valence-electron chi connectivity index (χ4n) is 0.180. The second-order valence-corrected chi connectivity index (χ2v) is 3.27. The number of rotatable bonds is 1. The molecule has 0 spiro atoms. The van der Waals surface area contributed by atoms with Gasteiger partial charge in [0.2, 0.25) is 0 Å². The second-order valence-electron chi connectivity index (χ2n) is 1.22. The van der Waals surface area contributed by atoms with Crippen molar-refractivity contribution in [2.45, 2.75) is 0 Å². The van der Waals surface area contributed by atoms with E-state index in [1.807, 2.05) is 18.4 Å². The van der Waals surface area contributed by atoms with Gasteiger partial charge in [0.15, 0.2) is 0 Å². The molecule has 2 nitrogen and oxygen atoms in total. The zero-order valence-electron chi connectivity index (χ0n) is 4.34. The van der Waals surface area contributed by atoms with Crippen molar-refractivity contribution in [3.05, 3.63) is 0 Å². The van der Waals surface area contributed by atoms with Crippen molar-refractivity contribution < 1.29 is 0 Å². The minimum atomic E-state index is 0. The van der Waals surface area contributed by atoms with Crippen LogP contribution in [0.15, 0.2) is 0 Å². The first kappa shape index (κ1) is 11.9. The van der Waals surface area contributed by atoms with Crippen molar-refractivity contribution in [3.8, 4) is 0 Å². The molecule has 0 bridgehead atoms. The molecule has 0 aromatic carbocycles. The molecular weight excluding hydrogens is 151 g/mol. The van der Waals surface area contributed by atoms with Crippen LogP contribution in [0.3, 0.4) is 0 Å². The number of thiocarbonyl (C=S) groups is 1. The summed E-state index contributed by atoms with van der Waals surface area (Å²) in [6.07, 6.45) is 0. The molecule has 0 atom stereocenters. The Hall–Kier alpha value is 1.20. The molecule has 0 aliphatic heterocycles. The van der Waals surface area contributed by atoms with E-state index in [0.29, 0.717) is 4.32 Å². The van der Waals surface area contributed by atoms with E-state index in [1.54, 1.807) is 0 Å². The monoisotopic (exact) mass is 160 g/mol. The van der Waals surface area contributed by atoms with Crippen LogP contribution in [0.25, 0.3) is 0 Å². The van der Waals surface area contributed by atoms with Crippen molar-refractivity contribution in [3.63, 3.8) is 0 Å². The van der Waals surface area contributed by atoms with E-state index in [0.717, 1.165) is 0 Å². The SMILES string of the molecule is CN(C)SC(N)=S.[NaH]. The minimum absolute atomic E-state index is 0. The number of hydrogen-bond acceptors (Lipinski definition) is 3. The van der Waals surface area contributed by atoms with Gasteiger partial charge in [0.25, 0.3) is 0 Å². The molecule has 2 N–H and O–H groups in total. The Morgan fingerprint density at radius 2 is 2.00 bits per heavy atom. The molecule has 0 unspecified atom stereocenters. The van der Waals surface area contributed by atoms with Gasteiger partial charge in [0, 0.05) is 0 Å². The van der Waals surface area contributed by atoms with Crippen LogP contribution in [0.1, 0.15) is 0 Å². The molecule has 0 heterocycles. The van der Waals surface area contributed by atoms with Crippen LogP contribution >= 0.6 is 24.2 Å². The van der Waals surface area contributed by atoms with Gasteiger partial charge in [-0.15, -0.1) is 0 Å². The van der Waals surface area contributed by atoms with Crippen molar-refractivity contribution >= 4 is 58.0 Å². The van der Waals surface area contributed by atoms with E-state index >= 15 is 0 Å². The Morgan fingerprint density at radius 1 is 1.62 bits per heavy atom. The molecule has 0 aliphatic carbocycles. The molecule has 44 valence electrons. The number of hydrogen-bond donors (Lipinski definition) is 1. The topological polar surface area (TPSA) is 29.3 Å². The first-order valence-electron chi connectivity index (χ1n) is 1.77. The third-order valence-corrected chi connectivity index (χ3v) is 1.04. The quantitative estimate of drug-likeness (QED) is 0.326. The summed E-state index contributed by atoms with van der Waals surface area (Å²) >= 11 is 5.92. The van der Waals surface area contributed by atoms with Crippen LogP contribution in [0.2, 0.25) is 0 Å². The normalized spacial score (nSPS) is 8.38. The van der Waals surface area contributed by atoms with Crippen LogP contribution < -0.4 is 5.73 Å². The van der Waals surface area contributed by atoms with Gasteiger partial charge in [-0.25, -0.2) is 0 Å². The van der Waals surface area contributed by atoms with Crippen LogP contribution in [0, 0.1) is 0 Å². The fraction of sp³-hybridized carbons (Fsp3) is 0.667. The number of nitrogens with zero attached hydrogens (tertiary/aromatic N) is 1. The zero-order valence-corrected chi connectivity index (χ0v) is 5.97. The van der Waals surface area contributed by atoms with Crippen molar-refractivity contribution in [1.29, 1.82) is 0 Å². The molecule has 0 saturated heterocycles. The third kappa shape index (κ3) is 10.2. The molecule has 8 heavy (non-hydrogen) atoms. The Balaban J connectivity index is 0. The average Bonchev–Trinajstić information content (AvgIpc) is 1.27. The molecule has 0 radical (unpaired) electrons. The predicted octanol–water partition coefficient (Wildman–Crippen LogP) is -0.209.